The van der Waals surface area contributed by atoms with Crippen LogP contribution in [0.1, 0.15) is 6.42 Å². The van der Waals surface area contributed by atoms with Crippen LogP contribution in [0.4, 0.5) is 0 Å². The predicted molar refractivity (Wildman–Crippen MR) is 61.8 cm³/mol. The zero-order chi connectivity index (χ0) is 11.3. The van der Waals surface area contributed by atoms with Gasteiger partial charge in [-0.3, -0.25) is 0 Å². The van der Waals surface area contributed by atoms with E-state index >= 15 is 0 Å². The standard InChI is InChI=1S/C10H21NO3Si/c1-11-7-5-6-10(8-11)9-15(12-2,13-3)14-4/h6H,5,7-9H2,1-4H3. The monoisotopic (exact) mass is 231 g/mol. The van der Waals surface area contributed by atoms with Crippen molar-refractivity contribution in [3.63, 3.8) is 0 Å². The molecule has 1 aliphatic heterocycles. The van der Waals surface area contributed by atoms with Crippen LogP contribution in [-0.4, -0.2) is 55.2 Å². The normalized spacial score (nSPS) is 19.1. The molecule has 0 N–H and O–H groups in total. The molecule has 0 aromatic rings. The number of likely N-dealkylation sites (N-methyl/N-ethyl adjacent to an activating group) is 1. The summed E-state index contributed by atoms with van der Waals surface area (Å²) in [6, 6.07) is 0.792. The van der Waals surface area contributed by atoms with Crippen LogP contribution >= 0.6 is 0 Å². The Morgan fingerprint density at radius 1 is 1.27 bits per heavy atom. The van der Waals surface area contributed by atoms with Gasteiger partial charge in [-0.05, 0) is 13.5 Å². The van der Waals surface area contributed by atoms with Crippen LogP contribution in [0.3, 0.4) is 0 Å². The molecule has 0 saturated carbocycles. The second kappa shape index (κ2) is 5.76. The van der Waals surface area contributed by atoms with Crippen LogP contribution in [0.15, 0.2) is 11.6 Å². The number of hydrogen-bond acceptors (Lipinski definition) is 4. The maximum absolute atomic E-state index is 5.41. The highest BCUT2D eigenvalue weighted by molar-refractivity contribution is 6.61. The lowest BCUT2D eigenvalue weighted by atomic mass is 10.1. The van der Waals surface area contributed by atoms with Crippen molar-refractivity contribution in [3.8, 4) is 0 Å². The van der Waals surface area contributed by atoms with Crippen molar-refractivity contribution < 1.29 is 13.3 Å². The van der Waals surface area contributed by atoms with Crippen LogP contribution in [0.5, 0.6) is 0 Å². The van der Waals surface area contributed by atoms with E-state index in [2.05, 4.69) is 18.0 Å². The molecule has 0 amide bonds. The molecule has 4 nitrogen and oxygen atoms in total. The quantitative estimate of drug-likeness (QED) is 0.524. The predicted octanol–water partition coefficient (Wildman–Crippen LogP) is 1.13. The molecule has 0 radical (unpaired) electrons. The molecule has 0 aromatic heterocycles. The molecule has 0 bridgehead atoms. The summed E-state index contributed by atoms with van der Waals surface area (Å²) < 4.78 is 16.2. The minimum Gasteiger partial charge on any atom is -0.377 e. The molecule has 1 heterocycles. The molecular formula is C10H21NO3Si. The molecule has 1 aliphatic rings. The number of nitrogens with zero attached hydrogens (tertiary/aromatic N) is 1. The lowest BCUT2D eigenvalue weighted by Gasteiger charge is -2.29. The van der Waals surface area contributed by atoms with E-state index in [-0.39, 0.29) is 0 Å². The summed E-state index contributed by atoms with van der Waals surface area (Å²) in [5, 5.41) is 0. The van der Waals surface area contributed by atoms with Gasteiger partial charge in [-0.2, -0.15) is 0 Å². The second-order valence-corrected chi connectivity index (χ2v) is 6.81. The van der Waals surface area contributed by atoms with Crippen LogP contribution in [-0.2, 0) is 13.3 Å². The maximum atomic E-state index is 5.41. The Morgan fingerprint density at radius 3 is 2.33 bits per heavy atom. The molecule has 0 saturated heterocycles. The summed E-state index contributed by atoms with van der Waals surface area (Å²) in [5.74, 6) is 0. The van der Waals surface area contributed by atoms with Gasteiger partial charge in [-0.25, -0.2) is 0 Å². The summed E-state index contributed by atoms with van der Waals surface area (Å²) >= 11 is 0. The second-order valence-electron chi connectivity index (χ2n) is 3.86. The smallest absolute Gasteiger partial charge is 0.377 e. The summed E-state index contributed by atoms with van der Waals surface area (Å²) in [6.45, 7) is 2.12. The minimum atomic E-state index is -2.43. The summed E-state index contributed by atoms with van der Waals surface area (Å²) in [7, 11) is 4.68. The molecule has 0 aliphatic carbocycles. The van der Waals surface area contributed by atoms with E-state index in [1.165, 1.54) is 5.57 Å². The minimum absolute atomic E-state index is 0.792. The van der Waals surface area contributed by atoms with Crippen LogP contribution in [0.25, 0.3) is 0 Å². The van der Waals surface area contributed by atoms with Crippen LogP contribution < -0.4 is 0 Å². The molecule has 5 heteroatoms. The Kier molecular flexibility index (Phi) is 4.94. The lowest BCUT2D eigenvalue weighted by molar-refractivity contribution is 0.125. The van der Waals surface area contributed by atoms with Gasteiger partial charge in [0.05, 0.1) is 0 Å². The maximum Gasteiger partial charge on any atom is 0.504 e. The van der Waals surface area contributed by atoms with Crippen LogP contribution in [0.2, 0.25) is 6.04 Å². The van der Waals surface area contributed by atoms with E-state index in [9.17, 15) is 0 Å². The SMILES string of the molecule is CO[Si](CC1=CCCN(C)C1)(OC)OC. The first-order valence-electron chi connectivity index (χ1n) is 5.17. The Balaban J connectivity index is 2.61. The van der Waals surface area contributed by atoms with E-state index in [1.54, 1.807) is 21.3 Å². The van der Waals surface area contributed by atoms with Crippen LogP contribution in [0, 0.1) is 0 Å². The van der Waals surface area contributed by atoms with Gasteiger partial charge in [-0.15, -0.1) is 0 Å². The Labute approximate surface area is 93.2 Å². The van der Waals surface area contributed by atoms with E-state index in [1.807, 2.05) is 0 Å². The average molecular weight is 231 g/mol. The van der Waals surface area contributed by atoms with E-state index in [0.717, 1.165) is 25.6 Å². The zero-order valence-corrected chi connectivity index (χ0v) is 11.1. The highest BCUT2D eigenvalue weighted by Crippen LogP contribution is 2.22. The molecule has 1 rings (SSSR count). The Bertz CT molecular complexity index is 220. The van der Waals surface area contributed by atoms with Crippen molar-refractivity contribution in [3.05, 3.63) is 11.6 Å². The van der Waals surface area contributed by atoms with Gasteiger partial charge in [0, 0.05) is 40.5 Å². The van der Waals surface area contributed by atoms with E-state index in [4.69, 9.17) is 13.3 Å². The third-order valence-electron chi connectivity index (χ3n) is 2.79. The van der Waals surface area contributed by atoms with Crippen molar-refractivity contribution >= 4 is 8.80 Å². The molecular weight excluding hydrogens is 210 g/mol. The Hall–Kier alpha value is -0.203. The highest BCUT2D eigenvalue weighted by atomic mass is 28.4. The number of rotatable bonds is 5. The van der Waals surface area contributed by atoms with Crippen molar-refractivity contribution in [2.45, 2.75) is 12.5 Å². The molecule has 0 atom stereocenters. The fourth-order valence-corrected chi connectivity index (χ4v) is 3.60. The van der Waals surface area contributed by atoms with Crippen molar-refractivity contribution in [1.29, 1.82) is 0 Å². The number of hydrogen-bond donors (Lipinski definition) is 0. The van der Waals surface area contributed by atoms with Gasteiger partial charge in [-0.1, -0.05) is 11.6 Å². The van der Waals surface area contributed by atoms with E-state index in [0.29, 0.717) is 0 Å². The first-order valence-corrected chi connectivity index (χ1v) is 7.11. The van der Waals surface area contributed by atoms with Gasteiger partial charge in [0.1, 0.15) is 0 Å². The first kappa shape index (κ1) is 12.9. The van der Waals surface area contributed by atoms with E-state index < -0.39 is 8.80 Å². The van der Waals surface area contributed by atoms with Gasteiger partial charge in [0.2, 0.25) is 0 Å². The topological polar surface area (TPSA) is 30.9 Å². The molecule has 0 fully saturated rings. The molecule has 0 spiro atoms. The average Bonchev–Trinajstić information content (AvgIpc) is 2.26. The van der Waals surface area contributed by atoms with Gasteiger partial charge in [0.25, 0.3) is 0 Å². The third-order valence-corrected chi connectivity index (χ3v) is 5.55. The van der Waals surface area contributed by atoms with Gasteiger partial charge < -0.3 is 18.2 Å². The Morgan fingerprint density at radius 2 is 1.87 bits per heavy atom. The molecule has 0 aromatic carbocycles. The van der Waals surface area contributed by atoms with Gasteiger partial charge >= 0.3 is 8.80 Å². The van der Waals surface area contributed by atoms with Gasteiger partial charge in [0.15, 0.2) is 0 Å². The third kappa shape index (κ3) is 3.39. The largest absolute Gasteiger partial charge is 0.504 e. The fraction of sp³-hybridized carbons (Fsp3) is 0.800. The lowest BCUT2D eigenvalue weighted by Crippen LogP contribution is -2.44. The molecule has 0 unspecified atom stereocenters. The van der Waals surface area contributed by atoms with Crippen molar-refractivity contribution in [1.82, 2.24) is 4.90 Å². The molecule has 15 heavy (non-hydrogen) atoms. The summed E-state index contributed by atoms with van der Waals surface area (Å²) in [5.41, 5.74) is 1.36. The zero-order valence-electron chi connectivity index (χ0n) is 10.1. The fourth-order valence-electron chi connectivity index (χ4n) is 1.85. The summed E-state index contributed by atoms with van der Waals surface area (Å²) in [4.78, 5) is 2.30. The van der Waals surface area contributed by atoms with Crippen molar-refractivity contribution in [2.24, 2.45) is 0 Å². The first-order chi connectivity index (χ1) is 7.15. The highest BCUT2D eigenvalue weighted by Gasteiger charge is 2.39. The summed E-state index contributed by atoms with van der Waals surface area (Å²) in [6.07, 6.45) is 3.38. The van der Waals surface area contributed by atoms with Crippen molar-refractivity contribution in [2.75, 3.05) is 41.5 Å². The molecule has 88 valence electrons.